The SMILES string of the molecule is O=C(O)[C@@H]1C2C=CC(C2)[C@@H]1C(=O)NCCN1CCCCC1. The lowest BCUT2D eigenvalue weighted by Crippen LogP contribution is -2.43. The number of piperidine rings is 1. The number of likely N-dealkylation sites (tertiary alicyclic amines) is 1. The molecule has 5 heteroatoms. The summed E-state index contributed by atoms with van der Waals surface area (Å²) < 4.78 is 0. The molecule has 1 aliphatic heterocycles. The van der Waals surface area contributed by atoms with Crippen molar-refractivity contribution in [1.29, 1.82) is 0 Å². The molecular formula is C16H24N2O3. The Morgan fingerprint density at radius 1 is 1.10 bits per heavy atom. The van der Waals surface area contributed by atoms with Gasteiger partial charge in [-0.2, -0.15) is 0 Å². The van der Waals surface area contributed by atoms with Crippen molar-refractivity contribution in [3.05, 3.63) is 12.2 Å². The van der Waals surface area contributed by atoms with E-state index >= 15 is 0 Å². The molecule has 2 aliphatic carbocycles. The molecule has 3 rings (SSSR count). The van der Waals surface area contributed by atoms with Crippen LogP contribution in [0, 0.1) is 23.7 Å². The molecule has 2 N–H and O–H groups in total. The molecular weight excluding hydrogens is 268 g/mol. The lowest BCUT2D eigenvalue weighted by molar-refractivity contribution is -0.147. The summed E-state index contributed by atoms with van der Waals surface area (Å²) in [6.07, 6.45) is 8.61. The number of hydrogen-bond donors (Lipinski definition) is 2. The average molecular weight is 292 g/mol. The number of nitrogens with one attached hydrogen (secondary N) is 1. The van der Waals surface area contributed by atoms with Crippen LogP contribution in [0.3, 0.4) is 0 Å². The van der Waals surface area contributed by atoms with E-state index in [4.69, 9.17) is 0 Å². The maximum Gasteiger partial charge on any atom is 0.307 e. The molecule has 1 saturated heterocycles. The second kappa shape index (κ2) is 6.18. The normalized spacial score (nSPS) is 35.0. The van der Waals surface area contributed by atoms with Crippen LogP contribution >= 0.6 is 0 Å². The Labute approximate surface area is 125 Å². The number of rotatable bonds is 5. The summed E-state index contributed by atoms with van der Waals surface area (Å²) in [5.41, 5.74) is 0. The molecule has 116 valence electrons. The van der Waals surface area contributed by atoms with Crippen molar-refractivity contribution in [2.75, 3.05) is 26.2 Å². The van der Waals surface area contributed by atoms with Gasteiger partial charge in [0.1, 0.15) is 0 Å². The van der Waals surface area contributed by atoms with Crippen LogP contribution in [0.4, 0.5) is 0 Å². The van der Waals surface area contributed by atoms with Crippen LogP contribution in [-0.4, -0.2) is 48.1 Å². The van der Waals surface area contributed by atoms with Crippen LogP contribution in [0.25, 0.3) is 0 Å². The summed E-state index contributed by atoms with van der Waals surface area (Å²) in [7, 11) is 0. The second-order valence-electron chi connectivity index (χ2n) is 6.53. The highest BCUT2D eigenvalue weighted by Crippen LogP contribution is 2.48. The van der Waals surface area contributed by atoms with Gasteiger partial charge in [-0.15, -0.1) is 0 Å². The van der Waals surface area contributed by atoms with Gasteiger partial charge in [-0.05, 0) is 44.2 Å². The average Bonchev–Trinajstić information content (AvgIpc) is 3.08. The topological polar surface area (TPSA) is 69.6 Å². The molecule has 3 aliphatic rings. The third-order valence-electron chi connectivity index (χ3n) is 5.22. The molecule has 0 spiro atoms. The van der Waals surface area contributed by atoms with Crippen LogP contribution in [0.1, 0.15) is 25.7 Å². The summed E-state index contributed by atoms with van der Waals surface area (Å²) in [5.74, 6) is -1.65. The molecule has 5 nitrogen and oxygen atoms in total. The molecule has 1 amide bonds. The number of carbonyl (C=O) groups excluding carboxylic acids is 1. The molecule has 2 bridgehead atoms. The first-order valence-electron chi connectivity index (χ1n) is 8.08. The van der Waals surface area contributed by atoms with Gasteiger partial charge < -0.3 is 15.3 Å². The van der Waals surface area contributed by atoms with Gasteiger partial charge in [-0.3, -0.25) is 9.59 Å². The molecule has 0 radical (unpaired) electrons. The van der Waals surface area contributed by atoms with Gasteiger partial charge >= 0.3 is 5.97 Å². The largest absolute Gasteiger partial charge is 0.481 e. The van der Waals surface area contributed by atoms with Crippen LogP contribution in [0.5, 0.6) is 0 Å². The molecule has 1 heterocycles. The highest BCUT2D eigenvalue weighted by molar-refractivity contribution is 5.86. The maximum atomic E-state index is 12.4. The van der Waals surface area contributed by atoms with Gasteiger partial charge in [0.25, 0.3) is 0 Å². The van der Waals surface area contributed by atoms with Crippen molar-refractivity contribution in [1.82, 2.24) is 10.2 Å². The smallest absolute Gasteiger partial charge is 0.307 e. The maximum absolute atomic E-state index is 12.4. The van der Waals surface area contributed by atoms with E-state index in [9.17, 15) is 14.7 Å². The van der Waals surface area contributed by atoms with Crippen molar-refractivity contribution in [3.63, 3.8) is 0 Å². The highest BCUT2D eigenvalue weighted by Gasteiger charge is 2.51. The van der Waals surface area contributed by atoms with E-state index in [0.29, 0.717) is 6.54 Å². The minimum absolute atomic E-state index is 0.0466. The zero-order valence-electron chi connectivity index (χ0n) is 12.3. The summed E-state index contributed by atoms with van der Waals surface area (Å²) >= 11 is 0. The zero-order chi connectivity index (χ0) is 14.8. The van der Waals surface area contributed by atoms with E-state index in [1.807, 2.05) is 12.2 Å². The fraction of sp³-hybridized carbons (Fsp3) is 0.750. The van der Waals surface area contributed by atoms with E-state index < -0.39 is 11.9 Å². The molecule has 0 aromatic heterocycles. The van der Waals surface area contributed by atoms with Crippen LogP contribution in [0.15, 0.2) is 12.2 Å². The van der Waals surface area contributed by atoms with Gasteiger partial charge in [-0.1, -0.05) is 18.6 Å². The van der Waals surface area contributed by atoms with E-state index in [1.165, 1.54) is 19.3 Å². The van der Waals surface area contributed by atoms with Crippen molar-refractivity contribution in [2.24, 2.45) is 23.7 Å². The number of carboxylic acid groups (broad SMARTS) is 1. The zero-order valence-corrected chi connectivity index (χ0v) is 12.3. The predicted molar refractivity (Wildman–Crippen MR) is 78.7 cm³/mol. The van der Waals surface area contributed by atoms with Crippen molar-refractivity contribution < 1.29 is 14.7 Å². The molecule has 1 saturated carbocycles. The van der Waals surface area contributed by atoms with E-state index in [-0.39, 0.29) is 23.7 Å². The third kappa shape index (κ3) is 2.98. The molecule has 21 heavy (non-hydrogen) atoms. The lowest BCUT2D eigenvalue weighted by atomic mass is 9.82. The first kappa shape index (κ1) is 14.6. The second-order valence-corrected chi connectivity index (χ2v) is 6.53. The summed E-state index contributed by atoms with van der Waals surface area (Å²) in [5, 5.41) is 12.3. The Bertz CT molecular complexity index is 443. The Hall–Kier alpha value is -1.36. The fourth-order valence-electron chi connectivity index (χ4n) is 4.15. The minimum Gasteiger partial charge on any atom is -0.481 e. The fourth-order valence-corrected chi connectivity index (χ4v) is 4.15. The summed E-state index contributed by atoms with van der Waals surface area (Å²) in [6.45, 7) is 3.73. The Kier molecular flexibility index (Phi) is 4.29. The number of carboxylic acids is 1. The van der Waals surface area contributed by atoms with Gasteiger partial charge in [0.15, 0.2) is 0 Å². The monoisotopic (exact) mass is 292 g/mol. The minimum atomic E-state index is -0.831. The van der Waals surface area contributed by atoms with Gasteiger partial charge in [0, 0.05) is 13.1 Å². The number of amides is 1. The van der Waals surface area contributed by atoms with Crippen molar-refractivity contribution in [3.8, 4) is 0 Å². The number of aliphatic carboxylic acids is 1. The summed E-state index contributed by atoms with van der Waals surface area (Å²) in [6, 6.07) is 0. The van der Waals surface area contributed by atoms with E-state index in [0.717, 1.165) is 26.1 Å². The Balaban J connectivity index is 1.50. The van der Waals surface area contributed by atoms with Crippen molar-refractivity contribution >= 4 is 11.9 Å². The molecule has 0 aromatic rings. The summed E-state index contributed by atoms with van der Waals surface area (Å²) in [4.78, 5) is 26.1. The van der Waals surface area contributed by atoms with Crippen LogP contribution in [0.2, 0.25) is 0 Å². The molecule has 2 unspecified atom stereocenters. The molecule has 0 aromatic carbocycles. The van der Waals surface area contributed by atoms with Gasteiger partial charge in [0.05, 0.1) is 11.8 Å². The van der Waals surface area contributed by atoms with Gasteiger partial charge in [0.2, 0.25) is 5.91 Å². The van der Waals surface area contributed by atoms with Crippen LogP contribution in [-0.2, 0) is 9.59 Å². The number of carbonyl (C=O) groups is 2. The Morgan fingerprint density at radius 3 is 2.43 bits per heavy atom. The molecule has 2 fully saturated rings. The number of fused-ring (bicyclic) bond motifs is 2. The first-order chi connectivity index (χ1) is 10.2. The lowest BCUT2D eigenvalue weighted by Gasteiger charge is -2.27. The van der Waals surface area contributed by atoms with Crippen molar-refractivity contribution in [2.45, 2.75) is 25.7 Å². The standard InChI is InChI=1S/C16H24N2O3/c19-15(17-6-9-18-7-2-1-3-8-18)13-11-4-5-12(10-11)14(13)16(20)21/h4-5,11-14H,1-3,6-10H2,(H,17,19)(H,20,21)/t11?,12?,13-,14+/m0/s1. The molecule has 4 atom stereocenters. The number of allylic oxidation sites excluding steroid dienone is 2. The van der Waals surface area contributed by atoms with E-state index in [1.54, 1.807) is 0 Å². The van der Waals surface area contributed by atoms with Crippen LogP contribution < -0.4 is 5.32 Å². The number of hydrogen-bond acceptors (Lipinski definition) is 3. The first-order valence-corrected chi connectivity index (χ1v) is 8.08. The highest BCUT2D eigenvalue weighted by atomic mass is 16.4. The Morgan fingerprint density at radius 2 is 1.76 bits per heavy atom. The third-order valence-corrected chi connectivity index (χ3v) is 5.22. The van der Waals surface area contributed by atoms with E-state index in [2.05, 4.69) is 10.2 Å². The van der Waals surface area contributed by atoms with Gasteiger partial charge in [-0.25, -0.2) is 0 Å². The number of nitrogens with zero attached hydrogens (tertiary/aromatic N) is 1. The predicted octanol–water partition coefficient (Wildman–Crippen LogP) is 1.11. The quantitative estimate of drug-likeness (QED) is 0.745.